The lowest BCUT2D eigenvalue weighted by Crippen LogP contribution is -2.76. The second-order valence-corrected chi connectivity index (χ2v) is 9.16. The van der Waals surface area contributed by atoms with E-state index >= 15 is 0 Å². The molecule has 1 saturated carbocycles. The summed E-state index contributed by atoms with van der Waals surface area (Å²) in [6, 6.07) is 0. The van der Waals surface area contributed by atoms with Gasteiger partial charge < -0.3 is 29.2 Å². The third kappa shape index (κ3) is 2.77. The van der Waals surface area contributed by atoms with Crippen LogP contribution in [-0.2, 0) is 28.5 Å². The standard InChI is InChI=1S/C23H32O8/c1-5-30-19(25)15-10-14-11-22(29-4)23(20(26)28-3)16(8-9-31-22)13(2)6-7-18(23)21(14,27)12-17(15)24/h6,14,16,18,24,27H,5,7-12H2,1-4H3/t14-,16+,18?,21-,22-,23+/m1/s1. The molecule has 3 aliphatic carbocycles. The lowest BCUT2D eigenvalue weighted by atomic mass is 9.42. The van der Waals surface area contributed by atoms with Crippen molar-refractivity contribution in [3.05, 3.63) is 23.0 Å². The highest BCUT2D eigenvalue weighted by molar-refractivity contribution is 5.89. The molecule has 8 heteroatoms. The number of allylic oxidation sites excluding steroid dienone is 2. The van der Waals surface area contributed by atoms with E-state index in [0.29, 0.717) is 19.4 Å². The van der Waals surface area contributed by atoms with Crippen LogP contribution in [0.3, 0.4) is 0 Å². The first-order chi connectivity index (χ1) is 14.7. The Bertz CT molecular complexity index is 847. The van der Waals surface area contributed by atoms with Crippen LogP contribution in [0.15, 0.2) is 23.0 Å². The Hall–Kier alpha value is -1.90. The number of hydrogen-bond acceptors (Lipinski definition) is 8. The van der Waals surface area contributed by atoms with E-state index in [1.165, 1.54) is 14.2 Å². The first-order valence-electron chi connectivity index (χ1n) is 11.0. The lowest BCUT2D eigenvalue weighted by Gasteiger charge is -2.67. The summed E-state index contributed by atoms with van der Waals surface area (Å²) in [6.45, 7) is 4.29. The molecule has 8 nitrogen and oxygen atoms in total. The fraction of sp³-hybridized carbons (Fsp3) is 0.739. The summed E-state index contributed by atoms with van der Waals surface area (Å²) in [5, 5.41) is 22.8. The van der Waals surface area contributed by atoms with E-state index in [1.807, 2.05) is 6.92 Å². The highest BCUT2D eigenvalue weighted by atomic mass is 16.7. The second kappa shape index (κ2) is 7.60. The third-order valence-electron chi connectivity index (χ3n) is 8.15. The molecule has 0 spiro atoms. The van der Waals surface area contributed by atoms with Crippen molar-refractivity contribution in [1.82, 2.24) is 0 Å². The van der Waals surface area contributed by atoms with Gasteiger partial charge in [0, 0.05) is 31.8 Å². The number of esters is 2. The van der Waals surface area contributed by atoms with Crippen LogP contribution < -0.4 is 0 Å². The predicted octanol–water partition coefficient (Wildman–Crippen LogP) is 2.41. The second-order valence-electron chi connectivity index (χ2n) is 9.16. The number of rotatable bonds is 4. The van der Waals surface area contributed by atoms with Crippen LogP contribution in [0, 0.1) is 23.2 Å². The van der Waals surface area contributed by atoms with Crippen molar-refractivity contribution in [2.45, 2.75) is 57.3 Å². The number of aliphatic hydroxyl groups is 2. The average molecular weight is 437 g/mol. The Kier molecular flexibility index (Phi) is 5.47. The number of methoxy groups -OCH3 is 2. The van der Waals surface area contributed by atoms with Gasteiger partial charge in [-0.1, -0.05) is 11.6 Å². The third-order valence-corrected chi connectivity index (χ3v) is 8.15. The highest BCUT2D eigenvalue weighted by Gasteiger charge is 2.77. The fourth-order valence-electron chi connectivity index (χ4n) is 6.89. The molecule has 0 radical (unpaired) electrons. The number of hydrogen-bond donors (Lipinski definition) is 2. The number of carbonyl (C=O) groups is 2. The zero-order chi connectivity index (χ0) is 22.6. The summed E-state index contributed by atoms with van der Waals surface area (Å²) in [5.74, 6) is -3.81. The van der Waals surface area contributed by atoms with Crippen molar-refractivity contribution in [2.24, 2.45) is 23.2 Å². The van der Waals surface area contributed by atoms with Crippen molar-refractivity contribution < 1.29 is 38.7 Å². The highest BCUT2D eigenvalue weighted by Crippen LogP contribution is 2.68. The molecule has 6 atom stereocenters. The maximum atomic E-state index is 13.5. The topological polar surface area (TPSA) is 112 Å². The molecule has 31 heavy (non-hydrogen) atoms. The molecule has 4 aliphatic rings. The summed E-state index contributed by atoms with van der Waals surface area (Å²) in [6.07, 6.45) is 3.28. The van der Waals surface area contributed by atoms with Crippen LogP contribution >= 0.6 is 0 Å². The molecule has 0 aromatic carbocycles. The Morgan fingerprint density at radius 3 is 2.71 bits per heavy atom. The predicted molar refractivity (Wildman–Crippen MR) is 109 cm³/mol. The monoisotopic (exact) mass is 436 g/mol. The number of aliphatic hydroxyl groups excluding tert-OH is 1. The van der Waals surface area contributed by atoms with Crippen LogP contribution in [0.1, 0.15) is 46.0 Å². The SMILES string of the molecule is CCOC(=O)C1=C(O)C[C@]2(O)C3CC=C(C)[C@@H]4CCO[C@](OC)(C[C@H]2C1)[C@]34C(=O)OC. The van der Waals surface area contributed by atoms with Crippen molar-refractivity contribution in [3.63, 3.8) is 0 Å². The van der Waals surface area contributed by atoms with Crippen molar-refractivity contribution >= 4 is 11.9 Å². The molecule has 0 aromatic heterocycles. The summed E-state index contributed by atoms with van der Waals surface area (Å²) in [5.41, 5.74) is -1.45. The zero-order valence-corrected chi connectivity index (χ0v) is 18.6. The Morgan fingerprint density at radius 1 is 1.32 bits per heavy atom. The van der Waals surface area contributed by atoms with Gasteiger partial charge in [0.2, 0.25) is 0 Å². The van der Waals surface area contributed by atoms with Gasteiger partial charge >= 0.3 is 11.9 Å². The molecule has 1 aliphatic heterocycles. The minimum absolute atomic E-state index is 0.122. The summed E-state index contributed by atoms with van der Waals surface area (Å²) >= 11 is 0. The fourth-order valence-corrected chi connectivity index (χ4v) is 6.89. The van der Waals surface area contributed by atoms with Crippen LogP contribution in [0.5, 0.6) is 0 Å². The van der Waals surface area contributed by atoms with E-state index in [0.717, 1.165) is 5.57 Å². The van der Waals surface area contributed by atoms with Crippen molar-refractivity contribution in [2.75, 3.05) is 27.4 Å². The smallest absolute Gasteiger partial charge is 0.337 e. The van der Waals surface area contributed by atoms with E-state index in [1.54, 1.807) is 6.92 Å². The van der Waals surface area contributed by atoms with E-state index in [2.05, 4.69) is 6.08 Å². The molecular formula is C23H32O8. The van der Waals surface area contributed by atoms with E-state index in [9.17, 15) is 19.8 Å². The first kappa shape index (κ1) is 22.3. The number of carbonyl (C=O) groups excluding carboxylic acids is 2. The normalized spacial score (nSPS) is 41.6. The summed E-state index contributed by atoms with van der Waals surface area (Å²) in [4.78, 5) is 26.0. The number of ether oxygens (including phenoxy) is 4. The molecule has 0 aromatic rings. The quantitative estimate of drug-likeness (QED) is 0.511. The minimum Gasteiger partial charge on any atom is -0.512 e. The van der Waals surface area contributed by atoms with Gasteiger partial charge in [0.15, 0.2) is 5.79 Å². The number of fused-ring (bicyclic) bond motifs is 2. The molecule has 2 fully saturated rings. The van der Waals surface area contributed by atoms with Crippen LogP contribution in [0.25, 0.3) is 0 Å². The van der Waals surface area contributed by atoms with Crippen molar-refractivity contribution in [3.8, 4) is 0 Å². The average Bonchev–Trinajstić information content (AvgIpc) is 2.75. The molecule has 2 N–H and O–H groups in total. The zero-order valence-electron chi connectivity index (χ0n) is 18.6. The molecule has 0 amide bonds. The van der Waals surface area contributed by atoms with Gasteiger partial charge in [-0.3, -0.25) is 4.79 Å². The van der Waals surface area contributed by atoms with Crippen LogP contribution in [-0.4, -0.2) is 61.0 Å². The molecule has 0 bridgehead atoms. The Morgan fingerprint density at radius 2 is 2.06 bits per heavy atom. The van der Waals surface area contributed by atoms with E-state index < -0.39 is 40.6 Å². The first-order valence-corrected chi connectivity index (χ1v) is 11.0. The molecular weight excluding hydrogens is 404 g/mol. The van der Waals surface area contributed by atoms with Gasteiger partial charge in [-0.15, -0.1) is 0 Å². The van der Waals surface area contributed by atoms with E-state index in [-0.39, 0.29) is 43.1 Å². The van der Waals surface area contributed by atoms with E-state index in [4.69, 9.17) is 18.9 Å². The van der Waals surface area contributed by atoms with Gasteiger partial charge in [-0.05, 0) is 39.0 Å². The maximum absolute atomic E-state index is 13.5. The van der Waals surface area contributed by atoms with Gasteiger partial charge in [0.25, 0.3) is 0 Å². The largest absolute Gasteiger partial charge is 0.512 e. The molecule has 1 heterocycles. The van der Waals surface area contributed by atoms with Crippen LogP contribution in [0.4, 0.5) is 0 Å². The molecule has 172 valence electrons. The Labute approximate surface area is 182 Å². The van der Waals surface area contributed by atoms with Gasteiger partial charge in [-0.2, -0.15) is 0 Å². The maximum Gasteiger partial charge on any atom is 0.337 e. The molecule has 1 unspecified atom stereocenters. The summed E-state index contributed by atoms with van der Waals surface area (Å²) < 4.78 is 22.7. The Balaban J connectivity index is 1.90. The molecule has 4 rings (SSSR count). The van der Waals surface area contributed by atoms with Gasteiger partial charge in [0.05, 0.1) is 31.5 Å². The minimum atomic E-state index is -1.42. The lowest BCUT2D eigenvalue weighted by molar-refractivity contribution is -0.376. The van der Waals surface area contributed by atoms with Crippen LogP contribution in [0.2, 0.25) is 0 Å². The van der Waals surface area contributed by atoms with Crippen molar-refractivity contribution in [1.29, 1.82) is 0 Å². The summed E-state index contributed by atoms with van der Waals surface area (Å²) in [7, 11) is 2.86. The van der Waals surface area contributed by atoms with Gasteiger partial charge in [0.1, 0.15) is 11.2 Å². The molecule has 1 saturated heterocycles. The van der Waals surface area contributed by atoms with Gasteiger partial charge in [-0.25, -0.2) is 4.79 Å².